The van der Waals surface area contributed by atoms with E-state index in [1.807, 2.05) is 12.1 Å². The maximum atomic E-state index is 13.4. The topological polar surface area (TPSA) is 24.5 Å². The van der Waals surface area contributed by atoms with E-state index < -0.39 is 0 Å². The Morgan fingerprint density at radius 3 is 2.64 bits per heavy atom. The first kappa shape index (κ1) is 21.2. The van der Waals surface area contributed by atoms with E-state index in [2.05, 4.69) is 16.8 Å². The number of ether oxygens (including phenoxy) is 1. The first-order valence-corrected chi connectivity index (χ1v) is 7.15. The second kappa shape index (κ2) is 10.8. The molecule has 0 saturated carbocycles. The van der Waals surface area contributed by atoms with Gasteiger partial charge in [-0.15, -0.1) is 31.4 Å². The van der Waals surface area contributed by atoms with Crippen LogP contribution in [-0.4, -0.2) is 38.2 Å². The van der Waals surface area contributed by atoms with Crippen LogP contribution in [0.15, 0.2) is 30.9 Å². The molecular weight excluding hydrogens is 326 g/mol. The number of benzene rings is 1. The van der Waals surface area contributed by atoms with E-state index in [1.54, 1.807) is 7.11 Å². The Kier molecular flexibility index (Phi) is 10.4. The van der Waals surface area contributed by atoms with Gasteiger partial charge in [0.25, 0.3) is 0 Å². The summed E-state index contributed by atoms with van der Waals surface area (Å²) in [5.41, 5.74) is 1.07. The lowest BCUT2D eigenvalue weighted by Gasteiger charge is -2.35. The fraction of sp³-hybridized carbons (Fsp3) is 0.500. The van der Waals surface area contributed by atoms with Gasteiger partial charge in [-0.25, -0.2) is 4.39 Å². The average molecular weight is 351 g/mol. The van der Waals surface area contributed by atoms with Gasteiger partial charge in [-0.3, -0.25) is 4.90 Å². The van der Waals surface area contributed by atoms with Crippen LogP contribution >= 0.6 is 24.8 Å². The number of hydrogen-bond acceptors (Lipinski definition) is 3. The monoisotopic (exact) mass is 350 g/mol. The smallest absolute Gasteiger partial charge is 0.126 e. The van der Waals surface area contributed by atoms with Gasteiger partial charge in [0.15, 0.2) is 0 Å². The van der Waals surface area contributed by atoms with Crippen LogP contribution in [0, 0.1) is 5.82 Å². The van der Waals surface area contributed by atoms with E-state index in [1.165, 1.54) is 12.1 Å². The Morgan fingerprint density at radius 1 is 1.36 bits per heavy atom. The number of nitrogens with one attached hydrogen (secondary N) is 1. The van der Waals surface area contributed by atoms with Gasteiger partial charge in [-0.1, -0.05) is 12.1 Å². The zero-order chi connectivity index (χ0) is 14.4. The first-order chi connectivity index (χ1) is 9.76. The van der Waals surface area contributed by atoms with Gasteiger partial charge in [0.1, 0.15) is 11.6 Å². The summed E-state index contributed by atoms with van der Waals surface area (Å²) >= 11 is 0. The van der Waals surface area contributed by atoms with Crippen molar-refractivity contribution in [2.24, 2.45) is 0 Å². The summed E-state index contributed by atoms with van der Waals surface area (Å²) in [5, 5.41) is 3.36. The number of piperazine rings is 1. The Labute approximate surface area is 144 Å². The molecule has 1 aromatic carbocycles. The van der Waals surface area contributed by atoms with Gasteiger partial charge >= 0.3 is 0 Å². The second-order valence-corrected chi connectivity index (χ2v) is 5.05. The molecule has 1 N–H and O–H groups in total. The molecule has 6 heteroatoms. The predicted octanol–water partition coefficient (Wildman–Crippen LogP) is 3.59. The fourth-order valence-electron chi connectivity index (χ4n) is 2.76. The van der Waals surface area contributed by atoms with Crippen molar-refractivity contribution in [3.05, 3.63) is 42.2 Å². The highest BCUT2D eigenvalue weighted by Gasteiger charge is 2.24. The molecule has 0 aromatic heterocycles. The average Bonchev–Trinajstić information content (AvgIpc) is 2.49. The minimum absolute atomic E-state index is 0. The van der Waals surface area contributed by atoms with Gasteiger partial charge in [0.2, 0.25) is 0 Å². The van der Waals surface area contributed by atoms with Crippen LogP contribution in [0.4, 0.5) is 4.39 Å². The van der Waals surface area contributed by atoms with E-state index in [0.717, 1.165) is 44.6 Å². The van der Waals surface area contributed by atoms with Gasteiger partial charge < -0.3 is 10.1 Å². The molecule has 22 heavy (non-hydrogen) atoms. The fourth-order valence-corrected chi connectivity index (χ4v) is 2.76. The molecule has 1 atom stereocenters. The van der Waals surface area contributed by atoms with E-state index in [4.69, 9.17) is 4.74 Å². The van der Waals surface area contributed by atoms with Crippen molar-refractivity contribution in [3.8, 4) is 5.75 Å². The van der Waals surface area contributed by atoms with Crippen molar-refractivity contribution in [3.63, 3.8) is 0 Å². The third-order valence-electron chi connectivity index (χ3n) is 3.79. The van der Waals surface area contributed by atoms with Crippen LogP contribution in [0.3, 0.4) is 0 Å². The summed E-state index contributed by atoms with van der Waals surface area (Å²) in [6.45, 7) is 7.80. The summed E-state index contributed by atoms with van der Waals surface area (Å²) in [6, 6.07) is 5.09. The SMILES string of the molecule is C=CCC[C@@H](c1ccc(F)cc1OC)N1CCNCC1.Cl.Cl. The minimum atomic E-state index is -0.256. The van der Waals surface area contributed by atoms with Crippen molar-refractivity contribution >= 4 is 24.8 Å². The normalized spacial score (nSPS) is 16.1. The second-order valence-electron chi connectivity index (χ2n) is 5.05. The number of methoxy groups -OCH3 is 1. The number of halogens is 3. The van der Waals surface area contributed by atoms with E-state index in [9.17, 15) is 4.39 Å². The number of hydrogen-bond donors (Lipinski definition) is 1. The maximum absolute atomic E-state index is 13.4. The Balaban J connectivity index is 0.00000220. The van der Waals surface area contributed by atoms with Crippen molar-refractivity contribution in [2.45, 2.75) is 18.9 Å². The van der Waals surface area contributed by atoms with Crippen LogP contribution in [0.25, 0.3) is 0 Å². The molecular formula is C16H25Cl2FN2O. The molecule has 1 aromatic rings. The molecule has 2 rings (SSSR count). The molecule has 0 aliphatic carbocycles. The van der Waals surface area contributed by atoms with Gasteiger partial charge in [-0.05, 0) is 18.9 Å². The highest BCUT2D eigenvalue weighted by atomic mass is 35.5. The minimum Gasteiger partial charge on any atom is -0.496 e. The summed E-state index contributed by atoms with van der Waals surface area (Å²) < 4.78 is 18.7. The Bertz CT molecular complexity index is 454. The van der Waals surface area contributed by atoms with Gasteiger partial charge in [0, 0.05) is 43.9 Å². The number of nitrogens with zero attached hydrogens (tertiary/aromatic N) is 1. The van der Waals surface area contributed by atoms with Crippen LogP contribution in [0.5, 0.6) is 5.75 Å². The quantitative estimate of drug-likeness (QED) is 0.793. The standard InChI is InChI=1S/C16H23FN2O.2ClH/c1-3-4-5-15(19-10-8-18-9-11-19)14-7-6-13(17)12-16(14)20-2;;/h3,6-7,12,15,18H,1,4-5,8-11H2,2H3;2*1H/t15-;;/m0../s1. The zero-order valence-corrected chi connectivity index (χ0v) is 14.5. The molecule has 3 nitrogen and oxygen atoms in total. The predicted molar refractivity (Wildman–Crippen MR) is 94.1 cm³/mol. The maximum Gasteiger partial charge on any atom is 0.126 e. The lowest BCUT2D eigenvalue weighted by atomic mass is 9.98. The van der Waals surface area contributed by atoms with Crippen LogP contribution in [-0.2, 0) is 0 Å². The summed E-state index contributed by atoms with van der Waals surface area (Å²) in [7, 11) is 1.60. The van der Waals surface area contributed by atoms with Crippen molar-refractivity contribution < 1.29 is 9.13 Å². The molecule has 0 radical (unpaired) electrons. The molecule has 1 aliphatic heterocycles. The summed E-state index contributed by atoms with van der Waals surface area (Å²) in [4.78, 5) is 2.44. The Hall–Kier alpha value is -0.810. The molecule has 0 amide bonds. The molecule has 0 unspecified atom stereocenters. The lowest BCUT2D eigenvalue weighted by Crippen LogP contribution is -2.45. The van der Waals surface area contributed by atoms with Crippen molar-refractivity contribution in [1.29, 1.82) is 0 Å². The largest absolute Gasteiger partial charge is 0.496 e. The van der Waals surface area contributed by atoms with Crippen molar-refractivity contribution in [1.82, 2.24) is 10.2 Å². The molecule has 126 valence electrons. The molecule has 1 saturated heterocycles. The molecule has 1 fully saturated rings. The third-order valence-corrected chi connectivity index (χ3v) is 3.79. The highest BCUT2D eigenvalue weighted by molar-refractivity contribution is 5.85. The van der Waals surface area contributed by atoms with Crippen LogP contribution < -0.4 is 10.1 Å². The highest BCUT2D eigenvalue weighted by Crippen LogP contribution is 2.33. The van der Waals surface area contributed by atoms with Gasteiger partial charge in [0.05, 0.1) is 7.11 Å². The van der Waals surface area contributed by atoms with Crippen molar-refractivity contribution in [2.75, 3.05) is 33.3 Å². The summed E-state index contributed by atoms with van der Waals surface area (Å²) in [6.07, 6.45) is 3.85. The summed E-state index contributed by atoms with van der Waals surface area (Å²) in [5.74, 6) is 0.381. The number of allylic oxidation sites excluding steroid dienone is 1. The molecule has 0 spiro atoms. The third kappa shape index (κ3) is 5.43. The van der Waals surface area contributed by atoms with E-state index >= 15 is 0 Å². The Morgan fingerprint density at radius 2 is 2.05 bits per heavy atom. The van der Waals surface area contributed by atoms with Gasteiger partial charge in [-0.2, -0.15) is 0 Å². The zero-order valence-electron chi connectivity index (χ0n) is 12.9. The van der Waals surface area contributed by atoms with E-state index in [0.29, 0.717) is 5.75 Å². The van der Waals surface area contributed by atoms with Crippen LogP contribution in [0.2, 0.25) is 0 Å². The van der Waals surface area contributed by atoms with E-state index in [-0.39, 0.29) is 36.7 Å². The molecule has 1 heterocycles. The van der Waals surface area contributed by atoms with Crippen LogP contribution in [0.1, 0.15) is 24.4 Å². The first-order valence-electron chi connectivity index (χ1n) is 7.15. The molecule has 1 aliphatic rings. The number of rotatable bonds is 6. The lowest BCUT2D eigenvalue weighted by molar-refractivity contribution is 0.163. The molecule has 0 bridgehead atoms.